The molecule has 9 heavy (non-hydrogen) atoms. The number of rotatable bonds is 3. The van der Waals surface area contributed by atoms with Gasteiger partial charge in [-0.15, -0.1) is 0 Å². The number of hydrazine groups is 1. The molecule has 6 heteroatoms. The molecule has 5 nitrogen and oxygen atoms in total. The second-order valence-electron chi connectivity index (χ2n) is 1.26. The van der Waals surface area contributed by atoms with Gasteiger partial charge >= 0.3 is 57.4 Å². The number of aliphatic carboxylic acids is 1. The molecule has 0 aliphatic heterocycles. The fourth-order valence-corrected chi connectivity index (χ4v) is 0.199. The first-order chi connectivity index (χ1) is 3.68. The van der Waals surface area contributed by atoms with E-state index in [2.05, 4.69) is 0 Å². The molecule has 0 aliphatic rings. The molecule has 0 amide bonds. The zero-order chi connectivity index (χ0) is 6.57. The van der Waals surface area contributed by atoms with E-state index in [-0.39, 0.29) is 57.9 Å². The summed E-state index contributed by atoms with van der Waals surface area (Å²) in [5.74, 6) is 3.42. The van der Waals surface area contributed by atoms with Gasteiger partial charge in [0.1, 0.15) is 0 Å². The van der Waals surface area contributed by atoms with Gasteiger partial charge in [-0.3, -0.25) is 11.3 Å². The topological polar surface area (TPSA) is 95.6 Å². The van der Waals surface area contributed by atoms with E-state index in [9.17, 15) is 4.79 Å². The van der Waals surface area contributed by atoms with Gasteiger partial charge in [0.15, 0.2) is 6.10 Å². The number of hydrogen-bond acceptors (Lipinski definition) is 4. The van der Waals surface area contributed by atoms with Gasteiger partial charge < -0.3 is 10.2 Å². The Balaban J connectivity index is 0. The molecule has 50 valence electrons. The van der Waals surface area contributed by atoms with Crippen LogP contribution >= 0.6 is 0 Å². The van der Waals surface area contributed by atoms with Gasteiger partial charge in [0, 0.05) is 6.54 Å². The van der Waals surface area contributed by atoms with E-state index in [4.69, 9.17) is 16.1 Å². The number of aliphatic hydroxyl groups excluding tert-OH is 1. The van der Waals surface area contributed by atoms with Crippen LogP contribution in [0.3, 0.4) is 0 Å². The molecule has 1 atom stereocenters. The molecule has 0 aromatic carbocycles. The Hall–Kier alpha value is 0.986. The average Bonchev–Trinajstić information content (AvgIpc) is 1.67. The van der Waals surface area contributed by atoms with E-state index in [1.165, 1.54) is 0 Å². The van der Waals surface area contributed by atoms with Crippen LogP contribution in [0.25, 0.3) is 0 Å². The van der Waals surface area contributed by atoms with Gasteiger partial charge in [0.05, 0.1) is 0 Å². The second kappa shape index (κ2) is 7.10. The molecule has 0 fully saturated rings. The minimum absolute atomic E-state index is 0. The number of carbonyl (C=O) groups is 1. The summed E-state index contributed by atoms with van der Waals surface area (Å²) in [5.41, 5.74) is 2.02. The fraction of sp³-hybridized carbons (Fsp3) is 0.667. The number of hydrogen-bond donors (Lipinski definition) is 4. The van der Waals surface area contributed by atoms with Crippen molar-refractivity contribution in [3.05, 3.63) is 0 Å². The minimum atomic E-state index is -1.40. The summed E-state index contributed by atoms with van der Waals surface area (Å²) < 4.78 is 0. The third-order valence-electron chi connectivity index (χ3n) is 0.596. The summed E-state index contributed by atoms with van der Waals surface area (Å²) in [6.07, 6.45) is -1.40. The van der Waals surface area contributed by atoms with Crippen LogP contribution in [-0.2, 0) is 4.79 Å². The van der Waals surface area contributed by atoms with Crippen molar-refractivity contribution < 1.29 is 15.0 Å². The van der Waals surface area contributed by atoms with Crippen molar-refractivity contribution in [2.24, 2.45) is 5.84 Å². The van der Waals surface area contributed by atoms with E-state index in [0.29, 0.717) is 0 Å². The molecule has 0 rings (SSSR count). The molecule has 0 saturated heterocycles. The van der Waals surface area contributed by atoms with Gasteiger partial charge in [-0.1, -0.05) is 0 Å². The maximum absolute atomic E-state index is 9.74. The first kappa shape index (κ1) is 12.6. The fourth-order valence-electron chi connectivity index (χ4n) is 0.199. The second-order valence-corrected chi connectivity index (χ2v) is 1.26. The molecule has 0 bridgehead atoms. The van der Waals surface area contributed by atoms with Crippen LogP contribution in [0.5, 0.6) is 0 Å². The number of aliphatic hydroxyl groups is 1. The van der Waals surface area contributed by atoms with E-state index < -0.39 is 12.1 Å². The molecule has 0 spiro atoms. The SMILES string of the molecule is NNC[C@H](O)C(=O)O.[KH]. The van der Waals surface area contributed by atoms with Crippen LogP contribution in [0.1, 0.15) is 0 Å². The summed E-state index contributed by atoms with van der Waals surface area (Å²) >= 11 is 0. The number of carboxylic acid groups (broad SMARTS) is 1. The van der Waals surface area contributed by atoms with Crippen molar-refractivity contribution in [1.29, 1.82) is 0 Å². The number of nitrogens with two attached hydrogens (primary N) is 1. The molecule has 0 aromatic heterocycles. The summed E-state index contributed by atoms with van der Waals surface area (Å²) in [5, 5.41) is 16.4. The van der Waals surface area contributed by atoms with Gasteiger partial charge in [-0.25, -0.2) is 4.79 Å². The summed E-state index contributed by atoms with van der Waals surface area (Å²) in [6.45, 7) is -0.130. The number of nitrogens with one attached hydrogen (secondary N) is 1. The van der Waals surface area contributed by atoms with Crippen molar-refractivity contribution in [2.75, 3.05) is 6.54 Å². The molecule has 0 saturated carbocycles. The zero-order valence-corrected chi connectivity index (χ0v) is 4.16. The molecule has 0 unspecified atom stereocenters. The van der Waals surface area contributed by atoms with Gasteiger partial charge in [0.2, 0.25) is 0 Å². The molecule has 0 aliphatic carbocycles. The van der Waals surface area contributed by atoms with Crippen molar-refractivity contribution in [1.82, 2.24) is 5.43 Å². The third kappa shape index (κ3) is 6.88. The first-order valence-corrected chi connectivity index (χ1v) is 2.03. The van der Waals surface area contributed by atoms with Crippen molar-refractivity contribution in [2.45, 2.75) is 6.10 Å². The Morgan fingerprint density at radius 3 is 2.33 bits per heavy atom. The van der Waals surface area contributed by atoms with Crippen LogP contribution < -0.4 is 11.3 Å². The van der Waals surface area contributed by atoms with Gasteiger partial charge in [0.25, 0.3) is 0 Å². The van der Waals surface area contributed by atoms with Crippen LogP contribution in [0.15, 0.2) is 0 Å². The molecular weight excluding hydrogens is 151 g/mol. The standard InChI is InChI=1S/C3H8N2O3.K.H/c4-5-1-2(6)3(7)8;;/h2,5-6H,1,4H2,(H,7,8);;/t2-;;/m0../s1. The Kier molecular flexibility index (Phi) is 9.97. The monoisotopic (exact) mass is 160 g/mol. The molecule has 0 radical (unpaired) electrons. The molecule has 0 aromatic rings. The van der Waals surface area contributed by atoms with Crippen LogP contribution in [0, 0.1) is 0 Å². The predicted octanol–water partition coefficient (Wildman–Crippen LogP) is -2.75. The van der Waals surface area contributed by atoms with Crippen LogP contribution in [0.4, 0.5) is 0 Å². The Morgan fingerprint density at radius 2 is 2.22 bits per heavy atom. The summed E-state index contributed by atoms with van der Waals surface area (Å²) in [6, 6.07) is 0. The first-order valence-electron chi connectivity index (χ1n) is 2.03. The molecular formula is C3H9KN2O3. The Bertz CT molecular complexity index is 89.1. The average molecular weight is 160 g/mol. The quantitative estimate of drug-likeness (QED) is 0.204. The maximum atomic E-state index is 9.74. The Labute approximate surface area is 95.0 Å². The van der Waals surface area contributed by atoms with Crippen molar-refractivity contribution >= 4 is 57.4 Å². The summed E-state index contributed by atoms with van der Waals surface area (Å²) in [4.78, 5) is 9.74. The van der Waals surface area contributed by atoms with Crippen molar-refractivity contribution in [3.8, 4) is 0 Å². The van der Waals surface area contributed by atoms with Gasteiger partial charge in [-0.05, 0) is 0 Å². The molecule has 0 heterocycles. The molecule has 5 N–H and O–H groups in total. The van der Waals surface area contributed by atoms with Crippen LogP contribution in [-0.4, -0.2) is 80.2 Å². The zero-order valence-electron chi connectivity index (χ0n) is 4.16. The van der Waals surface area contributed by atoms with E-state index in [1.54, 1.807) is 0 Å². The predicted molar refractivity (Wildman–Crippen MR) is 33.0 cm³/mol. The number of carboxylic acids is 1. The summed E-state index contributed by atoms with van der Waals surface area (Å²) in [7, 11) is 0. The normalized spacial score (nSPS) is 11.8. The van der Waals surface area contributed by atoms with E-state index in [0.717, 1.165) is 0 Å². The van der Waals surface area contributed by atoms with Gasteiger partial charge in [-0.2, -0.15) is 0 Å². The van der Waals surface area contributed by atoms with Crippen LogP contribution in [0.2, 0.25) is 0 Å². The van der Waals surface area contributed by atoms with E-state index in [1.807, 2.05) is 5.43 Å². The Morgan fingerprint density at radius 1 is 1.78 bits per heavy atom. The third-order valence-corrected chi connectivity index (χ3v) is 0.596. The van der Waals surface area contributed by atoms with Crippen molar-refractivity contribution in [3.63, 3.8) is 0 Å². The van der Waals surface area contributed by atoms with E-state index >= 15 is 0 Å².